The number of amides is 1. The molecule has 2 atom stereocenters. The smallest absolute Gasteiger partial charge is 0.230 e. The maximum absolute atomic E-state index is 12.2. The lowest BCUT2D eigenvalue weighted by Gasteiger charge is -2.47. The Bertz CT molecular complexity index is 462. The highest BCUT2D eigenvalue weighted by atomic mass is 16.3. The van der Waals surface area contributed by atoms with Gasteiger partial charge in [-0.2, -0.15) is 0 Å². The zero-order chi connectivity index (χ0) is 14.0. The van der Waals surface area contributed by atoms with E-state index in [-0.39, 0.29) is 5.91 Å². The summed E-state index contributed by atoms with van der Waals surface area (Å²) >= 11 is 0. The Balaban J connectivity index is 1.65. The van der Waals surface area contributed by atoms with Gasteiger partial charge in [-0.05, 0) is 19.3 Å². The molecule has 2 aliphatic rings. The second-order valence-corrected chi connectivity index (χ2v) is 5.90. The van der Waals surface area contributed by atoms with Gasteiger partial charge in [-0.1, -0.05) is 0 Å². The van der Waals surface area contributed by atoms with Crippen LogP contribution in [-0.4, -0.2) is 57.7 Å². The second-order valence-electron chi connectivity index (χ2n) is 5.90. The molecule has 0 bridgehead atoms. The number of hydrogen-bond acceptors (Lipinski definition) is 4. The molecule has 6 nitrogen and oxygen atoms in total. The standard InChI is InChI=1S/C14H22N4O2/c19-12-2-6-17(8-9-18-7-5-15-11-18)10-14(12)3-1-4-16-13(14)20/h5,7,11-12,19H,1-4,6,8-10H2,(H,16,20)/t12-,14+/m0/s1. The van der Waals surface area contributed by atoms with Crippen molar-refractivity contribution in [3.8, 4) is 0 Å². The molecule has 3 rings (SSSR count). The number of hydrogen-bond donors (Lipinski definition) is 2. The maximum atomic E-state index is 12.2. The first kappa shape index (κ1) is 13.6. The molecule has 3 heterocycles. The summed E-state index contributed by atoms with van der Waals surface area (Å²) < 4.78 is 2.04. The number of aromatic nitrogens is 2. The lowest BCUT2D eigenvalue weighted by molar-refractivity contribution is -0.149. The van der Waals surface area contributed by atoms with E-state index in [1.807, 2.05) is 17.1 Å². The van der Waals surface area contributed by atoms with Gasteiger partial charge in [0.2, 0.25) is 5.91 Å². The Morgan fingerprint density at radius 3 is 3.15 bits per heavy atom. The molecule has 0 aliphatic carbocycles. The number of nitrogens with one attached hydrogen (secondary N) is 1. The number of piperidine rings is 2. The van der Waals surface area contributed by atoms with Crippen molar-refractivity contribution in [2.45, 2.75) is 31.9 Å². The molecule has 1 aromatic heterocycles. The van der Waals surface area contributed by atoms with E-state index in [0.29, 0.717) is 13.0 Å². The summed E-state index contributed by atoms with van der Waals surface area (Å²) in [6.45, 7) is 4.01. The van der Waals surface area contributed by atoms with E-state index < -0.39 is 11.5 Å². The summed E-state index contributed by atoms with van der Waals surface area (Å²) in [6.07, 6.45) is 7.45. The molecular weight excluding hydrogens is 256 g/mol. The quantitative estimate of drug-likeness (QED) is 0.806. The normalized spacial score (nSPS) is 31.4. The highest BCUT2D eigenvalue weighted by molar-refractivity contribution is 5.84. The van der Waals surface area contributed by atoms with Gasteiger partial charge in [0.25, 0.3) is 0 Å². The molecule has 0 unspecified atom stereocenters. The number of imidazole rings is 1. The summed E-state index contributed by atoms with van der Waals surface area (Å²) in [5.74, 6) is 0.0311. The minimum absolute atomic E-state index is 0.0311. The van der Waals surface area contributed by atoms with E-state index in [2.05, 4.69) is 15.2 Å². The topological polar surface area (TPSA) is 70.4 Å². The van der Waals surface area contributed by atoms with Crippen molar-refractivity contribution in [3.05, 3.63) is 18.7 Å². The molecule has 1 amide bonds. The Kier molecular flexibility index (Phi) is 3.76. The van der Waals surface area contributed by atoms with Crippen LogP contribution in [0.3, 0.4) is 0 Å². The van der Waals surface area contributed by atoms with Crippen LogP contribution >= 0.6 is 0 Å². The van der Waals surface area contributed by atoms with Crippen molar-refractivity contribution < 1.29 is 9.90 Å². The minimum Gasteiger partial charge on any atom is -0.392 e. The van der Waals surface area contributed by atoms with E-state index in [4.69, 9.17) is 0 Å². The minimum atomic E-state index is -0.592. The molecule has 2 aliphatic heterocycles. The Labute approximate surface area is 118 Å². The van der Waals surface area contributed by atoms with Crippen LogP contribution in [0, 0.1) is 5.41 Å². The van der Waals surface area contributed by atoms with E-state index in [9.17, 15) is 9.90 Å². The van der Waals surface area contributed by atoms with Crippen molar-refractivity contribution in [2.24, 2.45) is 5.41 Å². The van der Waals surface area contributed by atoms with Crippen molar-refractivity contribution in [2.75, 3.05) is 26.2 Å². The summed E-state index contributed by atoms with van der Waals surface area (Å²) in [5, 5.41) is 13.2. The zero-order valence-electron chi connectivity index (χ0n) is 11.7. The number of likely N-dealkylation sites (tertiary alicyclic amines) is 1. The van der Waals surface area contributed by atoms with Gasteiger partial charge in [-0.25, -0.2) is 4.98 Å². The molecule has 6 heteroatoms. The van der Waals surface area contributed by atoms with E-state index in [0.717, 1.165) is 39.0 Å². The Hall–Kier alpha value is -1.40. The molecule has 20 heavy (non-hydrogen) atoms. The van der Waals surface area contributed by atoms with Crippen molar-refractivity contribution in [1.29, 1.82) is 0 Å². The fourth-order valence-electron chi connectivity index (χ4n) is 3.40. The van der Waals surface area contributed by atoms with Gasteiger partial charge in [0, 0.05) is 45.1 Å². The molecule has 0 radical (unpaired) electrons. The fourth-order valence-corrected chi connectivity index (χ4v) is 3.40. The van der Waals surface area contributed by atoms with Crippen LogP contribution in [0.2, 0.25) is 0 Å². The molecule has 1 spiro atoms. The summed E-state index contributed by atoms with van der Waals surface area (Å²) in [5.41, 5.74) is -0.592. The lowest BCUT2D eigenvalue weighted by Crippen LogP contribution is -2.61. The van der Waals surface area contributed by atoms with Crippen LogP contribution in [0.25, 0.3) is 0 Å². The highest BCUT2D eigenvalue weighted by Gasteiger charge is 2.49. The third kappa shape index (κ3) is 2.45. The first-order valence-electron chi connectivity index (χ1n) is 7.35. The van der Waals surface area contributed by atoms with Crippen molar-refractivity contribution in [1.82, 2.24) is 19.8 Å². The molecule has 110 valence electrons. The SMILES string of the molecule is O=C1NCCC[C@]12CN(CCn1ccnc1)CC[C@@H]2O. The molecule has 2 saturated heterocycles. The van der Waals surface area contributed by atoms with E-state index in [1.165, 1.54) is 0 Å². The van der Waals surface area contributed by atoms with Crippen LogP contribution in [-0.2, 0) is 11.3 Å². The van der Waals surface area contributed by atoms with Crippen molar-refractivity contribution in [3.63, 3.8) is 0 Å². The number of nitrogens with zero attached hydrogens (tertiary/aromatic N) is 3. The summed E-state index contributed by atoms with van der Waals surface area (Å²) in [7, 11) is 0. The number of carbonyl (C=O) groups excluding carboxylic acids is 1. The van der Waals surface area contributed by atoms with Crippen LogP contribution in [0.15, 0.2) is 18.7 Å². The van der Waals surface area contributed by atoms with Gasteiger partial charge >= 0.3 is 0 Å². The molecule has 1 aromatic rings. The predicted octanol–water partition coefficient (Wildman–Crippen LogP) is -0.154. The van der Waals surface area contributed by atoms with Gasteiger partial charge in [0.1, 0.15) is 0 Å². The Morgan fingerprint density at radius 1 is 1.50 bits per heavy atom. The molecule has 2 N–H and O–H groups in total. The Morgan fingerprint density at radius 2 is 2.40 bits per heavy atom. The van der Waals surface area contributed by atoms with Crippen molar-refractivity contribution >= 4 is 5.91 Å². The maximum Gasteiger partial charge on any atom is 0.230 e. The largest absolute Gasteiger partial charge is 0.392 e. The molecule has 0 aromatic carbocycles. The third-order valence-corrected chi connectivity index (χ3v) is 4.63. The fraction of sp³-hybridized carbons (Fsp3) is 0.714. The predicted molar refractivity (Wildman–Crippen MR) is 74.0 cm³/mol. The highest BCUT2D eigenvalue weighted by Crippen LogP contribution is 2.37. The van der Waals surface area contributed by atoms with Gasteiger partial charge in [-0.15, -0.1) is 0 Å². The molecule has 2 fully saturated rings. The van der Waals surface area contributed by atoms with Crippen LogP contribution in [0.1, 0.15) is 19.3 Å². The number of aliphatic hydroxyl groups excluding tert-OH is 1. The molecule has 0 saturated carbocycles. The monoisotopic (exact) mass is 278 g/mol. The van der Waals surface area contributed by atoms with E-state index >= 15 is 0 Å². The van der Waals surface area contributed by atoms with Gasteiger partial charge in [0.15, 0.2) is 0 Å². The first-order valence-corrected chi connectivity index (χ1v) is 7.35. The van der Waals surface area contributed by atoms with Gasteiger partial charge in [0.05, 0.1) is 17.8 Å². The third-order valence-electron chi connectivity index (χ3n) is 4.63. The average molecular weight is 278 g/mol. The number of carbonyl (C=O) groups is 1. The van der Waals surface area contributed by atoms with Gasteiger partial charge in [-0.3, -0.25) is 4.79 Å². The van der Waals surface area contributed by atoms with Crippen LogP contribution in [0.5, 0.6) is 0 Å². The summed E-state index contributed by atoms with van der Waals surface area (Å²) in [6, 6.07) is 0. The first-order chi connectivity index (χ1) is 9.71. The van der Waals surface area contributed by atoms with Crippen LogP contribution in [0.4, 0.5) is 0 Å². The number of aliphatic hydroxyl groups is 1. The second kappa shape index (κ2) is 5.54. The number of rotatable bonds is 3. The summed E-state index contributed by atoms with van der Waals surface area (Å²) in [4.78, 5) is 18.6. The average Bonchev–Trinajstić information content (AvgIpc) is 2.96. The van der Waals surface area contributed by atoms with E-state index in [1.54, 1.807) is 6.20 Å². The molecular formula is C14H22N4O2. The zero-order valence-corrected chi connectivity index (χ0v) is 11.7. The van der Waals surface area contributed by atoms with Gasteiger partial charge < -0.3 is 19.9 Å². The van der Waals surface area contributed by atoms with Crippen LogP contribution < -0.4 is 5.32 Å². The lowest BCUT2D eigenvalue weighted by atomic mass is 9.71.